The second kappa shape index (κ2) is 5.03. The molecule has 3 heteroatoms. The Morgan fingerprint density at radius 3 is 2.63 bits per heavy atom. The summed E-state index contributed by atoms with van der Waals surface area (Å²) >= 11 is 0. The molecule has 1 aliphatic heterocycles. The average molecular weight is 254 g/mol. The summed E-state index contributed by atoms with van der Waals surface area (Å²) < 4.78 is 6.03. The van der Waals surface area contributed by atoms with Crippen LogP contribution in [0.4, 0.5) is 0 Å². The molecule has 2 aromatic carbocycles. The summed E-state index contributed by atoms with van der Waals surface area (Å²) in [6.45, 7) is 2.10. The SMILES string of the molecule is Cc1ccccc1C(NN)C1Cc2ccccc2O1. The number of nitrogens with one attached hydrogen (secondary N) is 1. The highest BCUT2D eigenvalue weighted by molar-refractivity contribution is 5.39. The Hall–Kier alpha value is -1.84. The molecule has 1 heterocycles. The third kappa shape index (κ3) is 2.23. The van der Waals surface area contributed by atoms with E-state index in [4.69, 9.17) is 10.6 Å². The largest absolute Gasteiger partial charge is 0.488 e. The minimum absolute atomic E-state index is 0.00796. The van der Waals surface area contributed by atoms with Crippen LogP contribution in [-0.4, -0.2) is 6.10 Å². The van der Waals surface area contributed by atoms with Crippen LogP contribution < -0.4 is 16.0 Å². The zero-order chi connectivity index (χ0) is 13.2. The molecule has 98 valence electrons. The van der Waals surface area contributed by atoms with E-state index >= 15 is 0 Å². The van der Waals surface area contributed by atoms with Crippen LogP contribution in [0.25, 0.3) is 0 Å². The summed E-state index contributed by atoms with van der Waals surface area (Å²) in [4.78, 5) is 0. The van der Waals surface area contributed by atoms with Crippen molar-refractivity contribution in [3.63, 3.8) is 0 Å². The van der Waals surface area contributed by atoms with Gasteiger partial charge in [0.1, 0.15) is 11.9 Å². The van der Waals surface area contributed by atoms with Gasteiger partial charge in [0.15, 0.2) is 0 Å². The van der Waals surface area contributed by atoms with Crippen LogP contribution in [0, 0.1) is 6.92 Å². The standard InChI is InChI=1S/C16H18N2O/c1-11-6-2-4-8-13(11)16(18-17)15-10-12-7-3-5-9-14(12)19-15/h2-9,15-16,18H,10,17H2,1H3. The maximum atomic E-state index is 6.03. The normalized spacial score (nSPS) is 18.7. The van der Waals surface area contributed by atoms with Gasteiger partial charge in [-0.05, 0) is 29.7 Å². The Kier molecular flexibility index (Phi) is 3.23. The lowest BCUT2D eigenvalue weighted by atomic mass is 9.95. The highest BCUT2D eigenvalue weighted by Gasteiger charge is 2.31. The molecular formula is C16H18N2O. The van der Waals surface area contributed by atoms with Gasteiger partial charge in [-0.25, -0.2) is 5.43 Å². The average Bonchev–Trinajstić information content (AvgIpc) is 2.85. The van der Waals surface area contributed by atoms with Gasteiger partial charge in [-0.15, -0.1) is 0 Å². The van der Waals surface area contributed by atoms with Gasteiger partial charge in [0.05, 0.1) is 6.04 Å². The first-order chi connectivity index (χ1) is 9.29. The van der Waals surface area contributed by atoms with Crippen LogP contribution in [0.15, 0.2) is 48.5 Å². The molecule has 3 N–H and O–H groups in total. The topological polar surface area (TPSA) is 47.3 Å². The van der Waals surface area contributed by atoms with E-state index in [0.29, 0.717) is 0 Å². The molecule has 0 radical (unpaired) electrons. The lowest BCUT2D eigenvalue weighted by molar-refractivity contribution is 0.178. The molecule has 3 nitrogen and oxygen atoms in total. The molecule has 0 spiro atoms. The molecule has 2 atom stereocenters. The molecule has 0 aliphatic carbocycles. The van der Waals surface area contributed by atoms with Crippen LogP contribution in [0.2, 0.25) is 0 Å². The minimum Gasteiger partial charge on any atom is -0.488 e. The molecule has 2 unspecified atom stereocenters. The summed E-state index contributed by atoms with van der Waals surface area (Å²) in [6.07, 6.45) is 0.933. The quantitative estimate of drug-likeness (QED) is 0.653. The monoisotopic (exact) mass is 254 g/mol. The Bertz CT molecular complexity index is 557. The fourth-order valence-corrected chi connectivity index (χ4v) is 2.73. The van der Waals surface area contributed by atoms with Crippen molar-refractivity contribution in [1.82, 2.24) is 5.43 Å². The van der Waals surface area contributed by atoms with E-state index < -0.39 is 0 Å². The van der Waals surface area contributed by atoms with Crippen molar-refractivity contribution in [1.29, 1.82) is 0 Å². The third-order valence-corrected chi connectivity index (χ3v) is 3.75. The summed E-state index contributed by atoms with van der Waals surface area (Å²) in [7, 11) is 0. The highest BCUT2D eigenvalue weighted by atomic mass is 16.5. The lowest BCUT2D eigenvalue weighted by Crippen LogP contribution is -2.39. The van der Waals surface area contributed by atoms with Crippen molar-refractivity contribution in [2.75, 3.05) is 0 Å². The molecule has 0 fully saturated rings. The summed E-state index contributed by atoms with van der Waals surface area (Å²) in [6, 6.07) is 16.5. The van der Waals surface area contributed by atoms with Gasteiger partial charge in [0, 0.05) is 6.42 Å². The molecule has 19 heavy (non-hydrogen) atoms. The maximum absolute atomic E-state index is 6.03. The molecule has 0 bridgehead atoms. The molecular weight excluding hydrogens is 236 g/mol. The molecule has 1 aliphatic rings. The van der Waals surface area contributed by atoms with Gasteiger partial charge in [0.25, 0.3) is 0 Å². The van der Waals surface area contributed by atoms with E-state index in [-0.39, 0.29) is 12.1 Å². The second-order valence-electron chi connectivity index (χ2n) is 4.97. The van der Waals surface area contributed by atoms with Crippen molar-refractivity contribution in [3.05, 3.63) is 65.2 Å². The van der Waals surface area contributed by atoms with Crippen molar-refractivity contribution in [2.45, 2.75) is 25.5 Å². The van der Waals surface area contributed by atoms with Crippen LogP contribution in [0.5, 0.6) is 5.75 Å². The zero-order valence-corrected chi connectivity index (χ0v) is 11.0. The molecule has 0 aromatic heterocycles. The van der Waals surface area contributed by atoms with E-state index in [1.54, 1.807) is 0 Å². The first-order valence-electron chi connectivity index (χ1n) is 6.56. The number of rotatable bonds is 3. The summed E-state index contributed by atoms with van der Waals surface area (Å²) in [5.74, 6) is 6.73. The molecule has 0 saturated heterocycles. The van der Waals surface area contributed by atoms with Crippen LogP contribution >= 0.6 is 0 Å². The first-order valence-corrected chi connectivity index (χ1v) is 6.56. The van der Waals surface area contributed by atoms with E-state index in [9.17, 15) is 0 Å². The predicted molar refractivity (Wildman–Crippen MR) is 75.8 cm³/mol. The van der Waals surface area contributed by atoms with Crippen molar-refractivity contribution in [3.8, 4) is 5.75 Å². The molecule has 0 saturated carbocycles. The lowest BCUT2D eigenvalue weighted by Gasteiger charge is -2.24. The number of nitrogens with two attached hydrogens (primary N) is 1. The molecule has 2 aromatic rings. The zero-order valence-electron chi connectivity index (χ0n) is 11.0. The highest BCUT2D eigenvalue weighted by Crippen LogP contribution is 2.34. The van der Waals surface area contributed by atoms with Gasteiger partial charge < -0.3 is 4.74 Å². The fraction of sp³-hybridized carbons (Fsp3) is 0.250. The van der Waals surface area contributed by atoms with Crippen LogP contribution in [0.3, 0.4) is 0 Å². The van der Waals surface area contributed by atoms with Crippen LogP contribution in [-0.2, 0) is 6.42 Å². The molecule has 3 rings (SSSR count). The van der Waals surface area contributed by atoms with Gasteiger partial charge in [-0.2, -0.15) is 0 Å². The smallest absolute Gasteiger partial charge is 0.124 e. The summed E-state index contributed by atoms with van der Waals surface area (Å²) in [5, 5.41) is 0. The van der Waals surface area contributed by atoms with Crippen molar-refractivity contribution < 1.29 is 4.74 Å². The van der Waals surface area contributed by atoms with Crippen molar-refractivity contribution in [2.24, 2.45) is 5.84 Å². The van der Waals surface area contributed by atoms with Crippen LogP contribution in [0.1, 0.15) is 22.7 Å². The third-order valence-electron chi connectivity index (χ3n) is 3.75. The van der Waals surface area contributed by atoms with E-state index in [1.807, 2.05) is 30.3 Å². The predicted octanol–water partition coefficient (Wildman–Crippen LogP) is 2.50. The van der Waals surface area contributed by atoms with Gasteiger partial charge in [0.2, 0.25) is 0 Å². The Balaban J connectivity index is 1.88. The van der Waals surface area contributed by atoms with E-state index in [2.05, 4.69) is 30.5 Å². The maximum Gasteiger partial charge on any atom is 0.124 e. The number of ether oxygens (including phenoxy) is 1. The Morgan fingerprint density at radius 2 is 1.89 bits per heavy atom. The number of hydrogen-bond donors (Lipinski definition) is 2. The minimum atomic E-state index is 0.00796. The number of hydrazine groups is 1. The number of hydrogen-bond acceptors (Lipinski definition) is 3. The first kappa shape index (κ1) is 12.2. The number of benzene rings is 2. The second-order valence-corrected chi connectivity index (χ2v) is 4.97. The number of fused-ring (bicyclic) bond motifs is 1. The number of para-hydroxylation sites is 1. The fourth-order valence-electron chi connectivity index (χ4n) is 2.73. The number of aryl methyl sites for hydroxylation is 1. The Morgan fingerprint density at radius 1 is 1.16 bits per heavy atom. The molecule has 0 amide bonds. The Labute approximate surface area is 113 Å². The van der Waals surface area contributed by atoms with Crippen molar-refractivity contribution >= 4 is 0 Å². The summed E-state index contributed by atoms with van der Waals surface area (Å²) in [5.41, 5.74) is 6.59. The van der Waals surface area contributed by atoms with E-state index in [0.717, 1.165) is 12.2 Å². The van der Waals surface area contributed by atoms with E-state index in [1.165, 1.54) is 16.7 Å². The van der Waals surface area contributed by atoms with Gasteiger partial charge in [-0.3, -0.25) is 5.84 Å². The van der Waals surface area contributed by atoms with Gasteiger partial charge >= 0.3 is 0 Å². The van der Waals surface area contributed by atoms with Gasteiger partial charge in [-0.1, -0.05) is 42.5 Å².